The number of carbonyl (C=O) groups is 3. The highest BCUT2D eigenvalue weighted by Gasteiger charge is 2.31. The third-order valence-electron chi connectivity index (χ3n) is 5.49. The molecule has 0 saturated carbocycles. The molecule has 1 aliphatic carbocycles. The van der Waals surface area contributed by atoms with Gasteiger partial charge in [0.15, 0.2) is 0 Å². The fourth-order valence-electron chi connectivity index (χ4n) is 4.10. The Morgan fingerprint density at radius 1 is 1.03 bits per heavy atom. The highest BCUT2D eigenvalue weighted by molar-refractivity contribution is 5.88. The summed E-state index contributed by atoms with van der Waals surface area (Å²) in [5, 5.41) is 20.8. The van der Waals surface area contributed by atoms with Crippen LogP contribution in [0.15, 0.2) is 48.5 Å². The lowest BCUT2D eigenvalue weighted by molar-refractivity contribution is -0.145. The molecule has 0 aliphatic heterocycles. The van der Waals surface area contributed by atoms with Crippen molar-refractivity contribution in [1.29, 1.82) is 0 Å². The molecule has 3 N–H and O–H groups in total. The molecule has 2 aromatic carbocycles. The predicted molar refractivity (Wildman–Crippen MR) is 122 cm³/mol. The number of carboxylic acids is 1. The summed E-state index contributed by atoms with van der Waals surface area (Å²) in [6, 6.07) is 14.9. The van der Waals surface area contributed by atoms with Crippen LogP contribution in [0.3, 0.4) is 0 Å². The molecule has 0 fully saturated rings. The van der Waals surface area contributed by atoms with E-state index in [1.165, 1.54) is 0 Å². The first kappa shape index (κ1) is 24.2. The Kier molecular flexibility index (Phi) is 8.02. The molecule has 0 bridgehead atoms. The summed E-state index contributed by atoms with van der Waals surface area (Å²) >= 11 is 0. The molecule has 2 aromatic rings. The van der Waals surface area contributed by atoms with Crippen molar-refractivity contribution in [1.82, 2.24) is 15.1 Å². The number of aliphatic hydroxyl groups excluding tert-OH is 1. The zero-order valence-electron chi connectivity index (χ0n) is 18.7. The topological polar surface area (TPSA) is 119 Å². The molecular weight excluding hydrogens is 426 g/mol. The Morgan fingerprint density at radius 2 is 1.61 bits per heavy atom. The van der Waals surface area contributed by atoms with E-state index >= 15 is 0 Å². The van der Waals surface area contributed by atoms with E-state index in [1.54, 1.807) is 19.0 Å². The van der Waals surface area contributed by atoms with E-state index in [2.05, 4.69) is 5.32 Å². The van der Waals surface area contributed by atoms with Gasteiger partial charge in [0, 0.05) is 19.0 Å². The van der Waals surface area contributed by atoms with Gasteiger partial charge >= 0.3 is 12.1 Å². The van der Waals surface area contributed by atoms with E-state index in [-0.39, 0.29) is 25.6 Å². The van der Waals surface area contributed by atoms with Crippen molar-refractivity contribution in [2.75, 3.05) is 46.9 Å². The molecule has 0 heterocycles. The number of hydrogen-bond acceptors (Lipinski definition) is 6. The first-order chi connectivity index (χ1) is 15.8. The lowest BCUT2D eigenvalue weighted by Gasteiger charge is -2.27. The zero-order valence-corrected chi connectivity index (χ0v) is 18.7. The van der Waals surface area contributed by atoms with Crippen molar-refractivity contribution >= 4 is 18.0 Å². The molecule has 176 valence electrons. The summed E-state index contributed by atoms with van der Waals surface area (Å²) in [6.07, 6.45) is -0.767. The maximum Gasteiger partial charge on any atom is 0.407 e. The molecular formula is C24H29N3O6. The number of fused-ring (bicyclic) bond motifs is 3. The highest BCUT2D eigenvalue weighted by Crippen LogP contribution is 2.44. The van der Waals surface area contributed by atoms with Gasteiger partial charge in [0.2, 0.25) is 5.91 Å². The van der Waals surface area contributed by atoms with E-state index in [1.807, 2.05) is 48.5 Å². The van der Waals surface area contributed by atoms with Crippen LogP contribution in [-0.4, -0.2) is 91.0 Å². The minimum Gasteiger partial charge on any atom is -0.480 e. The van der Waals surface area contributed by atoms with Gasteiger partial charge in [0.1, 0.15) is 19.2 Å². The average Bonchev–Trinajstić information content (AvgIpc) is 3.09. The van der Waals surface area contributed by atoms with E-state index in [9.17, 15) is 19.5 Å². The number of carbonyl (C=O) groups excluding carboxylic acids is 2. The Balaban J connectivity index is 1.70. The maximum absolute atomic E-state index is 12.9. The van der Waals surface area contributed by atoms with Crippen LogP contribution in [0.4, 0.5) is 4.79 Å². The van der Waals surface area contributed by atoms with E-state index < -0.39 is 37.2 Å². The smallest absolute Gasteiger partial charge is 0.407 e. The van der Waals surface area contributed by atoms with Crippen LogP contribution < -0.4 is 5.32 Å². The fourth-order valence-corrected chi connectivity index (χ4v) is 4.10. The van der Waals surface area contributed by atoms with Gasteiger partial charge in [-0.2, -0.15) is 0 Å². The highest BCUT2D eigenvalue weighted by atomic mass is 16.5. The predicted octanol–water partition coefficient (Wildman–Crippen LogP) is 1.36. The number of ether oxygens (including phenoxy) is 1. The van der Waals surface area contributed by atoms with Crippen molar-refractivity contribution in [2.24, 2.45) is 0 Å². The zero-order chi connectivity index (χ0) is 24.0. The third-order valence-corrected chi connectivity index (χ3v) is 5.49. The summed E-state index contributed by atoms with van der Waals surface area (Å²) in [6.45, 7) is -0.876. The quantitative estimate of drug-likeness (QED) is 0.495. The van der Waals surface area contributed by atoms with E-state index in [0.717, 1.165) is 27.2 Å². The van der Waals surface area contributed by atoms with Gasteiger partial charge < -0.3 is 30.1 Å². The number of likely N-dealkylation sites (N-methyl/N-ethyl adjacent to an activating group) is 1. The number of nitrogens with one attached hydrogen (secondary N) is 1. The molecule has 0 saturated heterocycles. The van der Waals surface area contributed by atoms with Crippen LogP contribution in [0.5, 0.6) is 0 Å². The lowest BCUT2D eigenvalue weighted by Crippen LogP contribution is -2.54. The molecule has 1 aliphatic rings. The molecule has 2 amide bonds. The van der Waals surface area contributed by atoms with Crippen molar-refractivity contribution in [3.05, 3.63) is 59.7 Å². The standard InChI is InChI=1S/C24H29N3O6/c1-26(2)13-21(23(31)27(11-12-28)14-22(29)30)25-24(32)33-15-20-18-9-5-3-7-16(18)17-8-4-6-10-19(17)20/h3-10,20-21,28H,11-15H2,1-2H3,(H,25,32)(H,29,30). The fraction of sp³-hybridized carbons (Fsp3) is 0.375. The van der Waals surface area contributed by atoms with Gasteiger partial charge in [-0.25, -0.2) is 4.79 Å². The first-order valence-electron chi connectivity index (χ1n) is 10.7. The summed E-state index contributed by atoms with van der Waals surface area (Å²) in [5.41, 5.74) is 4.36. The molecule has 0 aromatic heterocycles. The number of hydrogen-bond donors (Lipinski definition) is 3. The second kappa shape index (κ2) is 10.9. The Hall–Kier alpha value is -3.43. The van der Waals surface area contributed by atoms with Crippen LogP contribution in [0, 0.1) is 0 Å². The summed E-state index contributed by atoms with van der Waals surface area (Å²) in [5.74, 6) is -1.93. The molecule has 0 spiro atoms. The number of amides is 2. The first-order valence-corrected chi connectivity index (χ1v) is 10.7. The minimum absolute atomic E-state index is 0.0955. The second-order valence-corrected chi connectivity index (χ2v) is 8.16. The van der Waals surface area contributed by atoms with E-state index in [0.29, 0.717) is 0 Å². The van der Waals surface area contributed by atoms with Gasteiger partial charge in [0.05, 0.1) is 6.61 Å². The number of alkyl carbamates (subject to hydrolysis) is 1. The number of benzene rings is 2. The average molecular weight is 456 g/mol. The number of aliphatic carboxylic acids is 1. The Bertz CT molecular complexity index is 964. The van der Waals surface area contributed by atoms with Crippen LogP contribution >= 0.6 is 0 Å². The normalized spacial score (nSPS) is 13.2. The molecule has 33 heavy (non-hydrogen) atoms. The van der Waals surface area contributed by atoms with Crippen molar-refractivity contribution in [3.63, 3.8) is 0 Å². The van der Waals surface area contributed by atoms with Gasteiger partial charge in [0.25, 0.3) is 0 Å². The number of rotatable bonds is 10. The molecule has 1 unspecified atom stereocenters. The maximum atomic E-state index is 12.9. The SMILES string of the molecule is CN(C)CC(NC(=O)OCC1c2ccccc2-c2ccccc21)C(=O)N(CCO)CC(=O)O. The van der Waals surface area contributed by atoms with Crippen LogP contribution in [-0.2, 0) is 14.3 Å². The summed E-state index contributed by atoms with van der Waals surface area (Å²) in [7, 11) is 3.46. The number of carboxylic acid groups (broad SMARTS) is 1. The van der Waals surface area contributed by atoms with Gasteiger partial charge in [-0.3, -0.25) is 9.59 Å². The van der Waals surface area contributed by atoms with Gasteiger partial charge in [-0.05, 0) is 36.3 Å². The van der Waals surface area contributed by atoms with Gasteiger partial charge in [-0.15, -0.1) is 0 Å². The number of nitrogens with zero attached hydrogens (tertiary/aromatic N) is 2. The third kappa shape index (κ3) is 5.88. The van der Waals surface area contributed by atoms with Crippen LogP contribution in [0.1, 0.15) is 17.0 Å². The largest absolute Gasteiger partial charge is 0.480 e. The number of aliphatic hydroxyl groups is 1. The van der Waals surface area contributed by atoms with Crippen molar-refractivity contribution in [2.45, 2.75) is 12.0 Å². The molecule has 1 atom stereocenters. The van der Waals surface area contributed by atoms with Crippen molar-refractivity contribution < 1.29 is 29.3 Å². The minimum atomic E-state index is -1.21. The molecule has 9 heteroatoms. The Labute approximate surface area is 192 Å². The Morgan fingerprint density at radius 3 is 2.12 bits per heavy atom. The van der Waals surface area contributed by atoms with Crippen LogP contribution in [0.25, 0.3) is 11.1 Å². The monoisotopic (exact) mass is 455 g/mol. The molecule has 9 nitrogen and oxygen atoms in total. The second-order valence-electron chi connectivity index (χ2n) is 8.16. The van der Waals surface area contributed by atoms with E-state index in [4.69, 9.17) is 9.84 Å². The van der Waals surface area contributed by atoms with Crippen molar-refractivity contribution in [3.8, 4) is 11.1 Å². The molecule has 0 radical (unpaired) electrons. The van der Waals surface area contributed by atoms with Crippen LogP contribution in [0.2, 0.25) is 0 Å². The summed E-state index contributed by atoms with van der Waals surface area (Å²) < 4.78 is 5.52. The molecule has 3 rings (SSSR count). The van der Waals surface area contributed by atoms with Gasteiger partial charge in [-0.1, -0.05) is 48.5 Å². The lowest BCUT2D eigenvalue weighted by atomic mass is 9.98. The summed E-state index contributed by atoms with van der Waals surface area (Å²) in [4.78, 5) is 39.3.